The first-order chi connectivity index (χ1) is 21.1. The number of methoxy groups -OCH3 is 1. The number of hydrogen-bond donors (Lipinski definition) is 1. The molecule has 2 aromatic heterocycles. The van der Waals surface area contributed by atoms with Gasteiger partial charge in [0.25, 0.3) is 0 Å². The maximum Gasteiger partial charge on any atom is 0.509 e. The molecule has 0 aliphatic carbocycles. The van der Waals surface area contributed by atoms with Gasteiger partial charge in [0.15, 0.2) is 23.5 Å². The molecular weight excluding hydrogens is 601 g/mol. The number of nitrogens with two attached hydrogens (primary N) is 1. The van der Waals surface area contributed by atoms with Gasteiger partial charge in [-0.3, -0.25) is 22.9 Å². The van der Waals surface area contributed by atoms with Crippen molar-refractivity contribution in [3.05, 3.63) is 42.2 Å². The van der Waals surface area contributed by atoms with Crippen molar-refractivity contribution in [2.45, 2.75) is 64.4 Å². The zero-order valence-electron chi connectivity index (χ0n) is 24.6. The highest BCUT2D eigenvalue weighted by atomic mass is 31.2. The number of anilines is 1. The first kappa shape index (κ1) is 31.6. The van der Waals surface area contributed by atoms with Crippen molar-refractivity contribution in [2.24, 2.45) is 5.92 Å². The minimum absolute atomic E-state index is 0.0516. The summed E-state index contributed by atoms with van der Waals surface area (Å²) in [7, 11) is -2.76. The van der Waals surface area contributed by atoms with Crippen molar-refractivity contribution < 1.29 is 51.4 Å². The zero-order chi connectivity index (χ0) is 31.4. The second-order valence-electron chi connectivity index (χ2n) is 10.4. The number of phosphoric acid groups is 1. The van der Waals surface area contributed by atoms with Crippen molar-refractivity contribution in [2.75, 3.05) is 26.1 Å². The molecule has 0 radical (unpaired) electrons. The lowest BCUT2D eigenvalue weighted by Gasteiger charge is -2.31. The van der Waals surface area contributed by atoms with E-state index in [1.807, 2.05) is 18.2 Å². The number of ether oxygens (including phenoxy) is 5. The minimum Gasteiger partial charge on any atom is -0.479 e. The average Bonchev–Trinajstić information content (AvgIpc) is 3.56. The van der Waals surface area contributed by atoms with E-state index in [1.54, 1.807) is 32.9 Å². The average molecular weight is 636 g/mol. The molecule has 238 valence electrons. The summed E-state index contributed by atoms with van der Waals surface area (Å²) in [5.74, 6) is -0.881. The van der Waals surface area contributed by atoms with E-state index < -0.39 is 50.4 Å². The number of imidazole rings is 1. The van der Waals surface area contributed by atoms with Crippen LogP contribution in [0.5, 0.6) is 5.88 Å². The number of fused-ring (bicyclic) bond motifs is 2. The number of nitrogens with zero attached hydrogens (tertiary/aromatic N) is 4. The Labute approximate surface area is 252 Å². The molecule has 2 N–H and O–H groups in total. The number of carbonyl (C=O) groups excluding carboxylic acids is 2. The third-order valence-electron chi connectivity index (χ3n) is 6.79. The summed E-state index contributed by atoms with van der Waals surface area (Å²) in [6.07, 6.45) is -3.94. The molecule has 0 bridgehead atoms. The molecule has 0 amide bonds. The van der Waals surface area contributed by atoms with Gasteiger partial charge in [0.2, 0.25) is 11.8 Å². The molecule has 6 atom stereocenters. The zero-order valence-corrected chi connectivity index (χ0v) is 25.5. The predicted molar refractivity (Wildman–Crippen MR) is 151 cm³/mol. The molecule has 2 unspecified atom stereocenters. The molecule has 3 aromatic rings. The van der Waals surface area contributed by atoms with E-state index in [4.69, 9.17) is 43.0 Å². The topological polar surface area (TPSA) is 195 Å². The van der Waals surface area contributed by atoms with E-state index in [-0.39, 0.29) is 55.3 Å². The smallest absolute Gasteiger partial charge is 0.479 e. The fraction of sp³-hybridized carbons (Fsp3) is 0.519. The summed E-state index contributed by atoms with van der Waals surface area (Å²) in [6.45, 7) is 4.78. The van der Waals surface area contributed by atoms with Gasteiger partial charge in [0.1, 0.15) is 18.8 Å². The van der Waals surface area contributed by atoms with Crippen LogP contribution < -0.4 is 10.5 Å². The van der Waals surface area contributed by atoms with Crippen molar-refractivity contribution in [1.82, 2.24) is 19.5 Å². The summed E-state index contributed by atoms with van der Waals surface area (Å²) < 4.78 is 59.5. The summed E-state index contributed by atoms with van der Waals surface area (Å²) in [4.78, 5) is 37.7. The van der Waals surface area contributed by atoms with Crippen LogP contribution in [0.1, 0.15) is 39.0 Å². The van der Waals surface area contributed by atoms with E-state index >= 15 is 0 Å². The van der Waals surface area contributed by atoms with Crippen molar-refractivity contribution in [3.8, 4) is 5.88 Å². The van der Waals surface area contributed by atoms with E-state index in [0.717, 1.165) is 5.56 Å². The van der Waals surface area contributed by atoms with Gasteiger partial charge in [-0.25, -0.2) is 14.3 Å². The Morgan fingerprint density at radius 3 is 2.68 bits per heavy atom. The molecule has 2 aliphatic heterocycles. The monoisotopic (exact) mass is 635 g/mol. The molecular formula is C27H34N5O11P. The van der Waals surface area contributed by atoms with Crippen molar-refractivity contribution >= 4 is 37.1 Å². The number of carbonyl (C=O) groups is 2. The molecule has 44 heavy (non-hydrogen) atoms. The highest BCUT2D eigenvalue weighted by molar-refractivity contribution is 7.48. The Hall–Kier alpha value is -3.82. The van der Waals surface area contributed by atoms with Crippen LogP contribution in [0.2, 0.25) is 0 Å². The molecule has 2 aliphatic rings. The van der Waals surface area contributed by atoms with E-state index in [2.05, 4.69) is 15.0 Å². The number of benzene rings is 1. The SMILES string of the molecule is COc1nc(N)nc2c1ncn2[C@@H]1O[C@@H]2COP(=O)(OCC[C@@H](C)C(=O)OC(C)C)OC2[C@@H]1OC(=O)OCc1ccccc1. The molecule has 0 saturated carbocycles. The first-order valence-corrected chi connectivity index (χ1v) is 15.4. The lowest BCUT2D eigenvalue weighted by atomic mass is 10.1. The molecule has 16 nitrogen and oxygen atoms in total. The fourth-order valence-electron chi connectivity index (χ4n) is 4.64. The third kappa shape index (κ3) is 7.11. The minimum atomic E-state index is -4.17. The fourth-order valence-corrected chi connectivity index (χ4v) is 6.04. The molecule has 2 fully saturated rings. The maximum absolute atomic E-state index is 13.5. The second-order valence-corrected chi connectivity index (χ2v) is 12.0. The van der Waals surface area contributed by atoms with Crippen molar-refractivity contribution in [3.63, 3.8) is 0 Å². The number of rotatable bonds is 11. The van der Waals surface area contributed by atoms with E-state index in [1.165, 1.54) is 18.0 Å². The summed E-state index contributed by atoms with van der Waals surface area (Å²) >= 11 is 0. The molecule has 2 saturated heterocycles. The lowest BCUT2D eigenvalue weighted by Crippen LogP contribution is -2.42. The van der Waals surface area contributed by atoms with Gasteiger partial charge in [0.05, 0.1) is 38.7 Å². The lowest BCUT2D eigenvalue weighted by molar-refractivity contribution is -0.152. The normalized spacial score (nSPS) is 25.4. The van der Waals surface area contributed by atoms with E-state index in [0.29, 0.717) is 0 Å². The highest BCUT2D eigenvalue weighted by Crippen LogP contribution is 2.57. The maximum atomic E-state index is 13.5. The van der Waals surface area contributed by atoms with Crippen LogP contribution in [0, 0.1) is 5.92 Å². The summed E-state index contributed by atoms with van der Waals surface area (Å²) in [6, 6.07) is 9.03. The van der Waals surface area contributed by atoms with E-state index in [9.17, 15) is 14.2 Å². The van der Waals surface area contributed by atoms with Crippen LogP contribution in [0.15, 0.2) is 36.7 Å². The van der Waals surface area contributed by atoms with Gasteiger partial charge in [-0.15, -0.1) is 0 Å². The first-order valence-electron chi connectivity index (χ1n) is 13.9. The standard InChI is InChI=1S/C27H34N5O11P/c1-15(2)40-25(33)16(3)10-11-38-44(35)39-13-18-20(43-44)21(42-27(34)37-12-17-8-6-5-7-9-17)24(41-18)32-14-29-19-22(32)30-26(28)31-23(19)36-4/h5-9,14-16,18,20-21,24H,10-13H2,1-4H3,(H2,28,30,31)/t16-,18-,20?,21+,24-,44?/m1/s1. The number of esters is 1. The molecule has 0 spiro atoms. The van der Waals surface area contributed by atoms with Crippen molar-refractivity contribution in [1.29, 1.82) is 0 Å². The van der Waals surface area contributed by atoms with Crippen LogP contribution in [0.4, 0.5) is 10.7 Å². The number of phosphoric ester groups is 1. The second kappa shape index (κ2) is 13.4. The largest absolute Gasteiger partial charge is 0.509 e. The Kier molecular flexibility index (Phi) is 9.65. The van der Waals surface area contributed by atoms with Crippen LogP contribution in [-0.2, 0) is 48.5 Å². The summed E-state index contributed by atoms with van der Waals surface area (Å²) in [5.41, 5.74) is 7.13. The molecule has 1 aromatic carbocycles. The van der Waals surface area contributed by atoms with Crippen LogP contribution in [0.3, 0.4) is 0 Å². The number of nitrogen functional groups attached to an aromatic ring is 1. The summed E-state index contributed by atoms with van der Waals surface area (Å²) in [5, 5.41) is 0. The Morgan fingerprint density at radius 2 is 1.95 bits per heavy atom. The molecule has 4 heterocycles. The molecule has 5 rings (SSSR count). The quantitative estimate of drug-likeness (QED) is 0.237. The highest BCUT2D eigenvalue weighted by Gasteiger charge is 2.56. The number of hydrogen-bond acceptors (Lipinski definition) is 15. The van der Waals surface area contributed by atoms with Crippen LogP contribution in [0.25, 0.3) is 11.2 Å². The van der Waals surface area contributed by atoms with Crippen LogP contribution in [-0.4, -0.2) is 76.4 Å². The van der Waals surface area contributed by atoms with Gasteiger partial charge in [-0.1, -0.05) is 37.3 Å². The van der Waals surface area contributed by atoms with Gasteiger partial charge < -0.3 is 29.4 Å². The van der Waals surface area contributed by atoms with Gasteiger partial charge in [-0.2, -0.15) is 9.97 Å². The molecule has 17 heteroatoms. The Morgan fingerprint density at radius 1 is 1.18 bits per heavy atom. The Balaban J connectivity index is 1.35. The van der Waals surface area contributed by atoms with Gasteiger partial charge in [-0.05, 0) is 25.8 Å². The predicted octanol–water partition coefficient (Wildman–Crippen LogP) is 3.55. The Bertz CT molecular complexity index is 1520. The van der Waals surface area contributed by atoms with Gasteiger partial charge >= 0.3 is 19.9 Å². The third-order valence-corrected chi connectivity index (χ3v) is 8.26. The van der Waals surface area contributed by atoms with Gasteiger partial charge in [0, 0.05) is 0 Å². The number of aromatic nitrogens is 4. The van der Waals surface area contributed by atoms with Crippen LogP contribution >= 0.6 is 7.82 Å².